The quantitative estimate of drug-likeness (QED) is 0.0896. The van der Waals surface area contributed by atoms with Crippen LogP contribution in [0.5, 0.6) is 5.75 Å². The lowest BCUT2D eigenvalue weighted by molar-refractivity contribution is -0.143. The summed E-state index contributed by atoms with van der Waals surface area (Å²) in [4.78, 5) is 53.7. The Morgan fingerprint density at radius 1 is 0.857 bits per heavy atom. The van der Waals surface area contributed by atoms with Gasteiger partial charge in [-0.3, -0.25) is 14.4 Å². The standard InChI is InChI=1S/C40H52N4O10S2/c1-4-6-18-40(19-7-5-2)25-44(28-16-12-9-13-17-28)31-20-33(55-3)32(21-34(31)56(52,53)26-40)54-24-35(47)43-36(27-14-10-8-11-15-27)38(49)41-29(22-45)37(48)42-30(23-46)39(50)51/h8-17,20-21,29-30,36,45-46H,4-7,18-19,22-26H2,1-3H3,(H,41,49)(H,42,48)(H,43,47)(H,50,51)/t29-,30-,36-/m1/s1. The van der Waals surface area contributed by atoms with Crippen molar-refractivity contribution in [3.8, 4) is 5.75 Å². The summed E-state index contributed by atoms with van der Waals surface area (Å²) in [5, 5.41) is 35.3. The lowest BCUT2D eigenvalue weighted by atomic mass is 9.79. The third kappa shape index (κ3) is 11.2. The normalized spacial score (nSPS) is 16.0. The third-order valence-electron chi connectivity index (χ3n) is 9.72. The van der Waals surface area contributed by atoms with E-state index in [9.17, 15) is 42.9 Å². The molecular weight excluding hydrogens is 761 g/mol. The summed E-state index contributed by atoms with van der Waals surface area (Å²) in [5.41, 5.74) is 1.22. The summed E-state index contributed by atoms with van der Waals surface area (Å²) < 4.78 is 34.9. The number of para-hydroxylation sites is 1. The van der Waals surface area contributed by atoms with Crippen LogP contribution in [0.3, 0.4) is 0 Å². The van der Waals surface area contributed by atoms with Gasteiger partial charge in [-0.25, -0.2) is 13.2 Å². The highest BCUT2D eigenvalue weighted by Crippen LogP contribution is 2.47. The first-order valence-electron chi connectivity index (χ1n) is 18.6. The number of nitrogens with zero attached hydrogens (tertiary/aromatic N) is 1. The Kier molecular flexibility index (Phi) is 16.1. The van der Waals surface area contributed by atoms with E-state index < -0.39 is 76.9 Å². The smallest absolute Gasteiger partial charge is 0.328 e. The van der Waals surface area contributed by atoms with Crippen LogP contribution < -0.4 is 25.6 Å². The average molecular weight is 813 g/mol. The maximum absolute atomic E-state index is 14.4. The predicted octanol–water partition coefficient (Wildman–Crippen LogP) is 3.98. The Morgan fingerprint density at radius 3 is 2.00 bits per heavy atom. The number of carbonyl (C=O) groups is 4. The van der Waals surface area contributed by atoms with Crippen LogP contribution in [0.15, 0.2) is 82.6 Å². The van der Waals surface area contributed by atoms with E-state index in [1.54, 1.807) is 36.4 Å². The summed E-state index contributed by atoms with van der Waals surface area (Å²) in [6.07, 6.45) is 6.98. The molecule has 56 heavy (non-hydrogen) atoms. The lowest BCUT2D eigenvalue weighted by Crippen LogP contribution is -2.55. The van der Waals surface area contributed by atoms with E-state index in [0.29, 0.717) is 22.7 Å². The number of hydrogen-bond donors (Lipinski definition) is 6. The molecule has 3 amide bonds. The first-order valence-corrected chi connectivity index (χ1v) is 21.5. The number of aliphatic hydroxyl groups is 2. The Balaban J connectivity index is 1.63. The molecule has 6 N–H and O–H groups in total. The first-order chi connectivity index (χ1) is 26.8. The fourth-order valence-electron chi connectivity index (χ4n) is 6.78. The minimum atomic E-state index is -3.86. The van der Waals surface area contributed by atoms with Crippen molar-refractivity contribution >= 4 is 56.7 Å². The van der Waals surface area contributed by atoms with Crippen molar-refractivity contribution in [1.82, 2.24) is 16.0 Å². The zero-order valence-electron chi connectivity index (χ0n) is 31.9. The average Bonchev–Trinajstić information content (AvgIpc) is 3.29. The number of hydrogen-bond acceptors (Lipinski definition) is 11. The van der Waals surface area contributed by atoms with E-state index >= 15 is 0 Å². The van der Waals surface area contributed by atoms with E-state index in [2.05, 4.69) is 29.4 Å². The molecule has 0 unspecified atom stereocenters. The zero-order chi connectivity index (χ0) is 40.9. The molecule has 0 fully saturated rings. The van der Waals surface area contributed by atoms with Crippen molar-refractivity contribution in [2.24, 2.45) is 5.41 Å². The molecule has 14 nitrogen and oxygen atoms in total. The second-order valence-electron chi connectivity index (χ2n) is 13.9. The number of aliphatic hydroxyl groups excluding tert-OH is 2. The molecular formula is C40H52N4O10S2. The number of thioether (sulfide) groups is 1. The number of amides is 3. The second-order valence-corrected chi connectivity index (χ2v) is 16.7. The molecule has 0 spiro atoms. The maximum Gasteiger partial charge on any atom is 0.328 e. The fourth-order valence-corrected chi connectivity index (χ4v) is 9.44. The Bertz CT molecular complexity index is 1910. The molecule has 4 rings (SSSR count). The number of carboxylic acid groups (broad SMARTS) is 1. The molecule has 0 saturated heterocycles. The van der Waals surface area contributed by atoms with Crippen LogP contribution in [-0.4, -0.2) is 97.9 Å². The van der Waals surface area contributed by atoms with Gasteiger partial charge in [-0.15, -0.1) is 11.8 Å². The van der Waals surface area contributed by atoms with E-state index in [1.165, 1.54) is 17.8 Å². The molecule has 0 aromatic heterocycles. The Hall–Kier alpha value is -4.64. The number of anilines is 2. The van der Waals surface area contributed by atoms with E-state index in [-0.39, 0.29) is 16.4 Å². The molecule has 16 heteroatoms. The van der Waals surface area contributed by atoms with Crippen LogP contribution in [0.4, 0.5) is 11.4 Å². The number of nitrogens with one attached hydrogen (secondary N) is 3. The lowest BCUT2D eigenvalue weighted by Gasteiger charge is -2.37. The number of carboxylic acids is 1. The van der Waals surface area contributed by atoms with Crippen molar-refractivity contribution < 1.29 is 47.7 Å². The fraction of sp³-hybridized carbons (Fsp3) is 0.450. The van der Waals surface area contributed by atoms with Crippen molar-refractivity contribution in [2.45, 2.75) is 80.3 Å². The van der Waals surface area contributed by atoms with E-state index in [1.807, 2.05) is 41.9 Å². The molecule has 1 aliphatic rings. The largest absolute Gasteiger partial charge is 0.483 e. The number of sulfone groups is 1. The molecule has 0 saturated carbocycles. The molecule has 0 aliphatic carbocycles. The van der Waals surface area contributed by atoms with Gasteiger partial charge in [-0.1, -0.05) is 88.1 Å². The highest BCUT2D eigenvalue weighted by atomic mass is 32.2. The number of carbonyl (C=O) groups excluding carboxylic acids is 3. The van der Waals surface area contributed by atoms with Crippen LogP contribution in [0.25, 0.3) is 0 Å². The second kappa shape index (κ2) is 20.5. The van der Waals surface area contributed by atoms with Crippen molar-refractivity contribution in [3.05, 3.63) is 78.4 Å². The third-order valence-corrected chi connectivity index (χ3v) is 12.5. The summed E-state index contributed by atoms with van der Waals surface area (Å²) in [7, 11) is -3.86. The molecule has 3 atom stereocenters. The highest BCUT2D eigenvalue weighted by Gasteiger charge is 2.42. The van der Waals surface area contributed by atoms with E-state index in [0.717, 1.165) is 44.2 Å². The van der Waals surface area contributed by atoms with Gasteiger partial charge >= 0.3 is 5.97 Å². The van der Waals surface area contributed by atoms with Gasteiger partial charge in [-0.2, -0.15) is 0 Å². The summed E-state index contributed by atoms with van der Waals surface area (Å²) >= 11 is 1.33. The molecule has 0 bridgehead atoms. The van der Waals surface area contributed by atoms with Gasteiger partial charge in [0.1, 0.15) is 23.9 Å². The van der Waals surface area contributed by atoms with Crippen LogP contribution >= 0.6 is 11.8 Å². The minimum absolute atomic E-state index is 0.0352. The van der Waals surface area contributed by atoms with Crippen molar-refractivity contribution in [2.75, 3.05) is 43.3 Å². The predicted molar refractivity (Wildman–Crippen MR) is 214 cm³/mol. The molecule has 0 radical (unpaired) electrons. The molecule has 1 aliphatic heterocycles. The minimum Gasteiger partial charge on any atom is -0.483 e. The molecule has 1 heterocycles. The number of benzene rings is 3. The summed E-state index contributed by atoms with van der Waals surface area (Å²) in [6.45, 7) is 2.28. The highest BCUT2D eigenvalue weighted by molar-refractivity contribution is 7.98. The Labute approximate surface area is 332 Å². The van der Waals surface area contributed by atoms with Gasteiger partial charge in [0.15, 0.2) is 16.4 Å². The van der Waals surface area contributed by atoms with Crippen molar-refractivity contribution in [3.63, 3.8) is 0 Å². The van der Waals surface area contributed by atoms with Crippen molar-refractivity contribution in [1.29, 1.82) is 0 Å². The SMILES string of the molecule is CCCCC1(CCCC)CN(c2ccccc2)c2cc(SC)c(OCC(=O)N[C@@H](C(=O)N[C@H](CO)C(=O)N[C@H](CO)C(=O)O)c3ccccc3)cc2S(=O)(=O)C1. The first kappa shape index (κ1) is 44.1. The number of ether oxygens (including phenoxy) is 1. The van der Waals surface area contributed by atoms with E-state index in [4.69, 9.17) is 4.74 Å². The summed E-state index contributed by atoms with van der Waals surface area (Å²) in [6, 6.07) is 16.4. The number of rotatable bonds is 20. The van der Waals surface area contributed by atoms with Gasteiger partial charge in [0, 0.05) is 23.7 Å². The van der Waals surface area contributed by atoms with Gasteiger partial charge in [0.2, 0.25) is 11.8 Å². The van der Waals surface area contributed by atoms with Gasteiger partial charge < -0.3 is 40.9 Å². The number of fused-ring (bicyclic) bond motifs is 1. The van der Waals surface area contributed by atoms with Gasteiger partial charge in [0.25, 0.3) is 5.91 Å². The van der Waals surface area contributed by atoms with Crippen LogP contribution in [-0.2, 0) is 29.0 Å². The Morgan fingerprint density at radius 2 is 1.45 bits per heavy atom. The molecule has 304 valence electrons. The number of aliphatic carboxylic acids is 1. The molecule has 3 aromatic carbocycles. The van der Waals surface area contributed by atoms with Crippen LogP contribution in [0.2, 0.25) is 0 Å². The van der Waals surface area contributed by atoms with Gasteiger partial charge in [0.05, 0.1) is 34.4 Å². The number of unbranched alkanes of at least 4 members (excludes halogenated alkanes) is 2. The van der Waals surface area contributed by atoms with Crippen LogP contribution in [0.1, 0.15) is 64.0 Å². The topological polar surface area (TPSA) is 212 Å². The summed E-state index contributed by atoms with van der Waals surface area (Å²) in [5.74, 6) is -4.09. The molecule has 3 aromatic rings. The monoisotopic (exact) mass is 812 g/mol. The maximum atomic E-state index is 14.4. The van der Waals surface area contributed by atoms with Gasteiger partial charge in [-0.05, 0) is 42.9 Å². The zero-order valence-corrected chi connectivity index (χ0v) is 33.5. The van der Waals surface area contributed by atoms with Crippen LogP contribution in [0, 0.1) is 5.41 Å².